The van der Waals surface area contributed by atoms with E-state index in [1.165, 1.54) is 0 Å². The fourth-order valence-corrected chi connectivity index (χ4v) is 4.45. The first-order valence-corrected chi connectivity index (χ1v) is 9.82. The number of nitrogens with zero attached hydrogens (tertiary/aromatic N) is 1. The van der Waals surface area contributed by atoms with E-state index in [4.69, 9.17) is 4.74 Å². The van der Waals surface area contributed by atoms with Crippen molar-refractivity contribution in [2.75, 3.05) is 30.4 Å². The van der Waals surface area contributed by atoms with Crippen molar-refractivity contribution in [2.24, 2.45) is 5.92 Å². The van der Waals surface area contributed by atoms with Gasteiger partial charge in [-0.05, 0) is 23.6 Å². The number of ether oxygens (including phenoxy) is 1. The molecule has 0 aliphatic carbocycles. The van der Waals surface area contributed by atoms with E-state index >= 15 is 0 Å². The van der Waals surface area contributed by atoms with Crippen molar-refractivity contribution >= 4 is 28.3 Å². The lowest BCUT2D eigenvalue weighted by Gasteiger charge is -2.35. The molecule has 26 heavy (non-hydrogen) atoms. The normalized spacial score (nSPS) is 19.7. The lowest BCUT2D eigenvalue weighted by Crippen LogP contribution is -2.42. The highest BCUT2D eigenvalue weighted by atomic mass is 32.2. The van der Waals surface area contributed by atoms with Crippen molar-refractivity contribution in [1.29, 1.82) is 0 Å². The van der Waals surface area contributed by atoms with Crippen molar-refractivity contribution in [1.82, 2.24) is 0 Å². The Balaban J connectivity index is 1.75. The maximum absolute atomic E-state index is 13.4. The molecule has 0 radical (unpaired) electrons. The molecule has 2 aromatic rings. The number of fused-ring (bicyclic) bond motifs is 1. The van der Waals surface area contributed by atoms with E-state index in [0.29, 0.717) is 18.9 Å². The van der Waals surface area contributed by atoms with Crippen LogP contribution in [0.15, 0.2) is 60.4 Å². The lowest BCUT2D eigenvalue weighted by molar-refractivity contribution is -0.118. The van der Waals surface area contributed by atoms with Gasteiger partial charge in [0.05, 0.1) is 11.5 Å². The zero-order valence-corrected chi connectivity index (χ0v) is 15.2. The summed E-state index contributed by atoms with van der Waals surface area (Å²) < 4.78 is 5.85. The topological polar surface area (TPSA) is 49.8 Å². The molecule has 0 aromatic heterocycles. The lowest BCUT2D eigenvalue weighted by atomic mass is 9.93. The van der Waals surface area contributed by atoms with Gasteiger partial charge in [0.15, 0.2) is 5.76 Å². The number of benzene rings is 2. The van der Waals surface area contributed by atoms with Gasteiger partial charge in [-0.25, -0.2) is 0 Å². The van der Waals surface area contributed by atoms with Crippen LogP contribution in [-0.4, -0.2) is 36.5 Å². The molecule has 2 aliphatic rings. The average molecular weight is 367 g/mol. The van der Waals surface area contributed by atoms with E-state index in [2.05, 4.69) is 0 Å². The Bertz CT molecular complexity index is 834. The van der Waals surface area contributed by atoms with E-state index < -0.39 is 0 Å². The average Bonchev–Trinajstić information content (AvgIpc) is 2.73. The molecule has 1 N–H and O–H groups in total. The minimum atomic E-state index is -0.123. The summed E-state index contributed by atoms with van der Waals surface area (Å²) in [5.41, 5.74) is 3.02. The monoisotopic (exact) mass is 367 g/mol. The number of rotatable bonds is 3. The second-order valence-corrected chi connectivity index (χ2v) is 7.62. The van der Waals surface area contributed by atoms with Gasteiger partial charge in [-0.2, -0.15) is 0 Å². The molecule has 1 amide bonds. The van der Waals surface area contributed by atoms with Crippen LogP contribution < -0.4 is 4.90 Å². The molecule has 0 bridgehead atoms. The quantitative estimate of drug-likeness (QED) is 0.904. The standard InChI is InChI=1S/C21H21NO3S/c23-14-15-12-17-8-4-5-9-18(17)22(13-15)21(24)19-20(26-11-10-25-19)16-6-2-1-3-7-16/h1-9,15,23H,10-14H2. The van der Waals surface area contributed by atoms with Crippen molar-refractivity contribution in [3.05, 3.63) is 71.5 Å². The van der Waals surface area contributed by atoms with Gasteiger partial charge in [-0.15, -0.1) is 11.8 Å². The summed E-state index contributed by atoms with van der Waals surface area (Å²) in [7, 11) is 0. The molecule has 2 aliphatic heterocycles. The molecule has 1 atom stereocenters. The third kappa shape index (κ3) is 3.24. The minimum absolute atomic E-state index is 0.0471. The van der Waals surface area contributed by atoms with Gasteiger partial charge in [0.1, 0.15) is 0 Å². The molecule has 134 valence electrons. The number of hydrogen-bond donors (Lipinski definition) is 1. The van der Waals surface area contributed by atoms with Crippen molar-refractivity contribution in [3.8, 4) is 0 Å². The van der Waals surface area contributed by atoms with Gasteiger partial charge < -0.3 is 14.7 Å². The van der Waals surface area contributed by atoms with Gasteiger partial charge >= 0.3 is 0 Å². The molecule has 0 spiro atoms. The Kier molecular flexibility index (Phi) is 5.00. The molecular formula is C21H21NO3S. The molecule has 2 aromatic carbocycles. The molecule has 0 saturated carbocycles. The Morgan fingerprint density at radius 2 is 1.92 bits per heavy atom. The summed E-state index contributed by atoms with van der Waals surface area (Å²) in [5.74, 6) is 1.17. The molecule has 4 nitrogen and oxygen atoms in total. The predicted octanol–water partition coefficient (Wildman–Crippen LogP) is 3.32. The first-order chi connectivity index (χ1) is 12.8. The maximum atomic E-state index is 13.4. The number of anilines is 1. The van der Waals surface area contributed by atoms with Gasteiger partial charge in [-0.3, -0.25) is 4.79 Å². The largest absolute Gasteiger partial charge is 0.486 e. The molecule has 5 heteroatoms. The molecule has 0 saturated heterocycles. The van der Waals surface area contributed by atoms with Crippen LogP contribution in [0.3, 0.4) is 0 Å². The highest BCUT2D eigenvalue weighted by molar-refractivity contribution is 8.08. The van der Waals surface area contributed by atoms with E-state index in [1.54, 1.807) is 16.7 Å². The maximum Gasteiger partial charge on any atom is 0.294 e. The number of amides is 1. The molecule has 4 rings (SSSR count). The number of para-hydroxylation sites is 1. The fraction of sp³-hybridized carbons (Fsp3) is 0.286. The SMILES string of the molecule is O=C(C1=C(c2ccccc2)SCCO1)N1CC(CO)Cc2ccccc21. The van der Waals surface area contributed by atoms with Crippen LogP contribution in [0.4, 0.5) is 5.69 Å². The second kappa shape index (κ2) is 7.56. The number of aliphatic hydroxyl groups excluding tert-OH is 1. The Morgan fingerprint density at radius 1 is 1.15 bits per heavy atom. The summed E-state index contributed by atoms with van der Waals surface area (Å²) >= 11 is 1.66. The molecule has 1 unspecified atom stereocenters. The smallest absolute Gasteiger partial charge is 0.294 e. The highest BCUT2D eigenvalue weighted by Crippen LogP contribution is 2.37. The summed E-state index contributed by atoms with van der Waals surface area (Å²) in [5, 5.41) is 9.67. The highest BCUT2D eigenvalue weighted by Gasteiger charge is 2.33. The van der Waals surface area contributed by atoms with Gasteiger partial charge in [0, 0.05) is 30.5 Å². The number of thioether (sulfide) groups is 1. The zero-order valence-electron chi connectivity index (χ0n) is 14.4. The van der Waals surface area contributed by atoms with Crippen LogP contribution in [0.25, 0.3) is 4.91 Å². The van der Waals surface area contributed by atoms with Gasteiger partial charge in [0.2, 0.25) is 0 Å². The number of carbonyl (C=O) groups is 1. The summed E-state index contributed by atoms with van der Waals surface area (Å²) in [6.45, 7) is 1.10. The van der Waals surface area contributed by atoms with Crippen molar-refractivity contribution in [2.45, 2.75) is 6.42 Å². The van der Waals surface area contributed by atoms with Crippen LogP contribution in [0.2, 0.25) is 0 Å². The van der Waals surface area contributed by atoms with Crippen molar-refractivity contribution < 1.29 is 14.6 Å². The van der Waals surface area contributed by atoms with E-state index in [0.717, 1.165) is 33.9 Å². The predicted molar refractivity (Wildman–Crippen MR) is 105 cm³/mol. The second-order valence-electron chi connectivity index (χ2n) is 6.52. The number of aliphatic hydroxyl groups is 1. The summed E-state index contributed by atoms with van der Waals surface area (Å²) in [4.78, 5) is 16.1. The van der Waals surface area contributed by atoms with E-state index in [1.807, 2.05) is 54.6 Å². The fourth-order valence-electron chi connectivity index (χ4n) is 3.50. The van der Waals surface area contributed by atoms with Crippen molar-refractivity contribution in [3.63, 3.8) is 0 Å². The van der Waals surface area contributed by atoms with Crippen LogP contribution >= 0.6 is 11.8 Å². The first kappa shape index (κ1) is 17.2. The number of hydrogen-bond acceptors (Lipinski definition) is 4. The van der Waals surface area contributed by atoms with Crippen LogP contribution in [0.1, 0.15) is 11.1 Å². The van der Waals surface area contributed by atoms with Gasteiger partial charge in [0.25, 0.3) is 5.91 Å². The third-order valence-electron chi connectivity index (χ3n) is 4.75. The third-order valence-corrected chi connectivity index (χ3v) is 5.83. The Morgan fingerprint density at radius 3 is 2.73 bits per heavy atom. The van der Waals surface area contributed by atoms with Crippen LogP contribution in [-0.2, 0) is 16.0 Å². The van der Waals surface area contributed by atoms with Crippen LogP contribution in [0, 0.1) is 5.92 Å². The zero-order chi connectivity index (χ0) is 17.9. The van der Waals surface area contributed by atoms with E-state index in [9.17, 15) is 9.90 Å². The van der Waals surface area contributed by atoms with E-state index in [-0.39, 0.29) is 18.4 Å². The summed E-state index contributed by atoms with van der Waals surface area (Å²) in [6, 6.07) is 17.8. The number of carbonyl (C=O) groups excluding carboxylic acids is 1. The summed E-state index contributed by atoms with van der Waals surface area (Å²) in [6.07, 6.45) is 0.788. The van der Waals surface area contributed by atoms with Gasteiger partial charge in [-0.1, -0.05) is 48.5 Å². The minimum Gasteiger partial charge on any atom is -0.486 e. The first-order valence-electron chi connectivity index (χ1n) is 8.84. The van der Waals surface area contributed by atoms with Crippen LogP contribution in [0.5, 0.6) is 0 Å². The molecular weight excluding hydrogens is 346 g/mol. The molecule has 2 heterocycles. The Labute approximate surface area is 157 Å². The molecule has 0 fully saturated rings. The Hall–Kier alpha value is -2.24.